The number of methoxy groups -OCH3 is 3. The number of nitrogens with two attached hydrogens (primary N) is 3. The van der Waals surface area contributed by atoms with E-state index in [0.29, 0.717) is 70.0 Å². The fourth-order valence-corrected chi connectivity index (χ4v) is 16.7. The molecule has 12 rings (SSSR count). The van der Waals surface area contributed by atoms with Crippen LogP contribution in [0, 0.1) is 41.5 Å². The number of nitrogens with zero attached hydrogens (tertiary/aromatic N) is 12. The van der Waals surface area contributed by atoms with Crippen LogP contribution >= 0.6 is 69.3 Å². The highest BCUT2D eigenvalue weighted by Gasteiger charge is 2.20. The van der Waals surface area contributed by atoms with Crippen LogP contribution in [0.15, 0.2) is 88.3 Å². The zero-order valence-electron chi connectivity index (χ0n) is 57.9. The molecule has 99 heavy (non-hydrogen) atoms. The number of anilines is 3. The Morgan fingerprint density at radius 3 is 1.08 bits per heavy atom. The third-order valence-electron chi connectivity index (χ3n) is 16.2. The van der Waals surface area contributed by atoms with Crippen LogP contribution in [0.1, 0.15) is 68.1 Å². The van der Waals surface area contributed by atoms with Crippen LogP contribution in [-0.4, -0.2) is 186 Å². The summed E-state index contributed by atoms with van der Waals surface area (Å²) >= 11 is 9.67. The minimum absolute atomic E-state index is 0.486. The van der Waals surface area contributed by atoms with E-state index in [4.69, 9.17) is 65.3 Å². The molecule has 3 aromatic carbocycles. The highest BCUT2D eigenvalue weighted by atomic mass is 32.2. The Morgan fingerprint density at radius 1 is 0.414 bits per heavy atom. The van der Waals surface area contributed by atoms with Crippen LogP contribution in [0.25, 0.3) is 31.7 Å². The zero-order valence-corrected chi connectivity index (χ0v) is 62.8. The minimum Gasteiger partial charge on any atom is -0.493 e. The fraction of sp³-hybridized carbons (Fsp3) is 0.443. The second-order valence-corrected chi connectivity index (χ2v) is 30.1. The molecule has 3 fully saturated rings. The van der Waals surface area contributed by atoms with Crippen LogP contribution < -0.4 is 50.9 Å². The molecule has 29 heteroatoms. The highest BCUT2D eigenvalue weighted by molar-refractivity contribution is 7.98. The summed E-state index contributed by atoms with van der Waals surface area (Å²) in [6.07, 6.45) is 3.91. The Morgan fingerprint density at radius 2 is 0.747 bits per heavy atom. The van der Waals surface area contributed by atoms with Gasteiger partial charge in [0, 0.05) is 143 Å². The molecule has 0 aliphatic carbocycles. The number of thioether (sulfide) groups is 3. The number of hydrogen-bond acceptors (Lipinski definition) is 29. The first kappa shape index (κ1) is 74.5. The molecule has 0 unspecified atom stereocenters. The molecule has 3 aliphatic rings. The third-order valence-corrected chi connectivity index (χ3v) is 22.0. The van der Waals surface area contributed by atoms with Gasteiger partial charge in [-0.2, -0.15) is 0 Å². The number of thiazole rings is 3. The van der Waals surface area contributed by atoms with Crippen molar-refractivity contribution in [3.63, 3.8) is 0 Å². The zero-order chi connectivity index (χ0) is 69.6. The number of nitrogen functional groups attached to an aromatic ring is 3. The Kier molecular flexibility index (Phi) is 28.2. The maximum Gasteiger partial charge on any atom is 0.190 e. The first-order valence-electron chi connectivity index (χ1n) is 33.0. The van der Waals surface area contributed by atoms with E-state index in [1.54, 1.807) is 109 Å². The molecule has 528 valence electrons. The van der Waals surface area contributed by atoms with Gasteiger partial charge in [0.2, 0.25) is 0 Å². The van der Waals surface area contributed by atoms with Gasteiger partial charge in [-0.1, -0.05) is 41.7 Å². The molecule has 6 aromatic heterocycles. The largest absolute Gasteiger partial charge is 0.493 e. The number of benzene rings is 3. The van der Waals surface area contributed by atoms with E-state index in [0.717, 1.165) is 172 Å². The summed E-state index contributed by atoms with van der Waals surface area (Å²) < 4.78 is 40.3. The van der Waals surface area contributed by atoms with Crippen molar-refractivity contribution < 1.29 is 33.2 Å². The number of aryl methyl sites for hydroxylation is 6. The molecule has 0 spiro atoms. The van der Waals surface area contributed by atoms with E-state index in [2.05, 4.69) is 70.7 Å². The molecule has 3 aliphatic heterocycles. The van der Waals surface area contributed by atoms with Gasteiger partial charge in [0.05, 0.1) is 51.6 Å². The smallest absolute Gasteiger partial charge is 0.190 e. The van der Waals surface area contributed by atoms with Gasteiger partial charge in [-0.05, 0) is 122 Å². The van der Waals surface area contributed by atoms with E-state index < -0.39 is 0 Å². The summed E-state index contributed by atoms with van der Waals surface area (Å²) in [7, 11) is 5.00. The normalized spacial score (nSPS) is 14.4. The van der Waals surface area contributed by atoms with Crippen LogP contribution in [-0.2, 0) is 22.0 Å². The summed E-state index contributed by atoms with van der Waals surface area (Å²) in [5, 5.41) is 8.27. The SMILES string of the molecule is COc1ccc(-c2nc(CSc3nc(C)cc(N)n3)c(C)s2)cc1OCCN1CCCCC1.COc1ccc(-c2nc(CSc3nc(C)cc(N)n3)c(C)s2)cc1OCCN1CCNCC1.COc1ccc(-c2nc(CSc3nc(C)cc(N)n3)c(C)s2)cc1OCCN1CCOCC1. The number of aromatic nitrogens is 9. The van der Waals surface area contributed by atoms with E-state index in [1.807, 2.05) is 75.4 Å². The number of piperidine rings is 1. The topological polar surface area (TPSA) is 280 Å². The van der Waals surface area contributed by atoms with Crippen molar-refractivity contribution >= 4 is 86.7 Å². The fourth-order valence-electron chi connectivity index (χ4n) is 10.9. The molecule has 7 N–H and O–H groups in total. The third kappa shape index (κ3) is 22.4. The van der Waals surface area contributed by atoms with Crippen LogP contribution in [0.3, 0.4) is 0 Å². The van der Waals surface area contributed by atoms with Crippen molar-refractivity contribution in [1.82, 2.24) is 64.9 Å². The summed E-state index contributed by atoms with van der Waals surface area (Å²) in [6, 6.07) is 23.3. The van der Waals surface area contributed by atoms with E-state index in [1.165, 1.54) is 47.0 Å². The van der Waals surface area contributed by atoms with Crippen molar-refractivity contribution in [2.24, 2.45) is 0 Å². The highest BCUT2D eigenvalue weighted by Crippen LogP contribution is 2.40. The van der Waals surface area contributed by atoms with Gasteiger partial charge in [0.15, 0.2) is 50.0 Å². The molecule has 3 saturated heterocycles. The van der Waals surface area contributed by atoms with Gasteiger partial charge in [0.25, 0.3) is 0 Å². The summed E-state index contributed by atoms with van der Waals surface area (Å²) in [5.41, 5.74) is 26.3. The maximum atomic E-state index is 6.14. The van der Waals surface area contributed by atoms with E-state index in [-0.39, 0.29) is 0 Å². The van der Waals surface area contributed by atoms with E-state index >= 15 is 0 Å². The molecule has 23 nitrogen and oxygen atoms in total. The van der Waals surface area contributed by atoms with Crippen LogP contribution in [0.2, 0.25) is 0 Å². The Bertz CT molecular complexity index is 3600. The lowest BCUT2D eigenvalue weighted by molar-refractivity contribution is 0.0321. The number of hydrogen-bond donors (Lipinski definition) is 4. The lowest BCUT2D eigenvalue weighted by atomic mass is 10.1. The van der Waals surface area contributed by atoms with Gasteiger partial charge in [0.1, 0.15) is 52.3 Å². The lowest BCUT2D eigenvalue weighted by Crippen LogP contribution is -2.44. The van der Waals surface area contributed by atoms with Crippen molar-refractivity contribution in [1.29, 1.82) is 0 Å². The van der Waals surface area contributed by atoms with Gasteiger partial charge in [-0.15, -0.1) is 34.0 Å². The lowest BCUT2D eigenvalue weighted by Gasteiger charge is -2.27. The van der Waals surface area contributed by atoms with Crippen LogP contribution in [0.5, 0.6) is 34.5 Å². The second-order valence-electron chi connectivity index (χ2n) is 23.7. The average Bonchev–Trinajstić information content (AvgIpc) is 1.72. The van der Waals surface area contributed by atoms with Crippen molar-refractivity contribution in [2.75, 3.05) is 144 Å². The molecule has 0 saturated carbocycles. The van der Waals surface area contributed by atoms with Crippen molar-refractivity contribution in [3.05, 3.63) is 122 Å². The quantitative estimate of drug-likeness (QED) is 0.0275. The van der Waals surface area contributed by atoms with Crippen LogP contribution in [0.4, 0.5) is 17.5 Å². The number of piperazine rings is 1. The standard InChI is InChI=1S/C24H31N5O2S2.C23H30N6O2S2.C23H29N5O3S2/c1-16-13-22(25)28-24(26-16)32-15-19-17(2)33-23(27-19)18-7-8-20(30-3)21(14-18)31-12-11-29-9-5-4-6-10-29;1-15-12-21(24)28-23(26-15)32-14-18-16(2)33-22(27-18)17-4-5-19(30-3)20(13-17)31-11-10-29-8-6-25-7-9-29;1-15-12-21(24)27-23(25-15)32-14-18-16(2)33-22(26-18)17-4-5-19(29-3)20(13-17)31-11-8-28-6-9-30-10-7-28/h7-8,13-14H,4-6,9-12,15H2,1-3H3,(H2,25,26,28);4-5,12-13,25H,6-11,14H2,1-3H3,(H2,24,26,28);4-5,12-13H,6-11,14H2,1-3H3,(H2,24,25,27). The Labute approximate surface area is 605 Å². The number of ether oxygens (including phenoxy) is 7. The molecule has 0 amide bonds. The number of nitrogens with one attached hydrogen (secondary N) is 1. The summed E-state index contributed by atoms with van der Waals surface area (Å²) in [6.45, 7) is 26.6. The molecule has 0 bridgehead atoms. The van der Waals surface area contributed by atoms with Gasteiger partial charge < -0.3 is 55.7 Å². The predicted octanol–water partition coefficient (Wildman–Crippen LogP) is 12.2. The summed E-state index contributed by atoms with van der Waals surface area (Å²) in [5.74, 6) is 7.98. The molecular formula is C70H90N16O7S6. The predicted molar refractivity (Wildman–Crippen MR) is 402 cm³/mol. The number of rotatable bonds is 27. The Balaban J connectivity index is 0.000000161. The number of morpholine rings is 1. The summed E-state index contributed by atoms with van der Waals surface area (Å²) in [4.78, 5) is 51.7. The van der Waals surface area contributed by atoms with Crippen molar-refractivity contribution in [2.45, 2.75) is 93.5 Å². The monoisotopic (exact) mass is 1460 g/mol. The van der Waals surface area contributed by atoms with E-state index in [9.17, 15) is 0 Å². The average molecular weight is 1460 g/mol. The molecule has 9 aromatic rings. The minimum atomic E-state index is 0.486. The second kappa shape index (κ2) is 37.5. The van der Waals surface area contributed by atoms with Crippen molar-refractivity contribution in [3.8, 4) is 66.2 Å². The maximum absolute atomic E-state index is 6.14. The molecular weight excluding hydrogens is 1370 g/mol. The molecule has 0 atom stereocenters. The van der Waals surface area contributed by atoms with Gasteiger partial charge in [-0.3, -0.25) is 14.7 Å². The van der Waals surface area contributed by atoms with Gasteiger partial charge in [-0.25, -0.2) is 44.9 Å². The Hall–Kier alpha value is -7.16. The molecule has 9 heterocycles. The first-order chi connectivity index (χ1) is 48.0. The first-order valence-corrected chi connectivity index (χ1v) is 38.5. The molecule has 0 radical (unpaired) electrons. The van der Waals surface area contributed by atoms with Gasteiger partial charge >= 0.3 is 0 Å². The number of likely N-dealkylation sites (tertiary alicyclic amines) is 1.